The van der Waals surface area contributed by atoms with E-state index in [-0.39, 0.29) is 11.9 Å². The molecule has 2 aliphatic heterocycles. The van der Waals surface area contributed by atoms with Crippen molar-refractivity contribution in [1.29, 1.82) is 0 Å². The van der Waals surface area contributed by atoms with E-state index in [1.54, 1.807) is 6.92 Å². The summed E-state index contributed by atoms with van der Waals surface area (Å²) in [5.74, 6) is 1.94. The van der Waals surface area contributed by atoms with Crippen LogP contribution in [0.4, 0.5) is 5.82 Å². The van der Waals surface area contributed by atoms with E-state index in [1.165, 1.54) is 12.8 Å². The van der Waals surface area contributed by atoms with Gasteiger partial charge < -0.3 is 9.80 Å². The topological polar surface area (TPSA) is 52.6 Å². The minimum Gasteiger partial charge on any atom is -0.362 e. The molecule has 0 saturated carbocycles. The normalized spacial score (nSPS) is 19.5. The van der Waals surface area contributed by atoms with E-state index in [0.29, 0.717) is 6.54 Å². The molecule has 1 aromatic heterocycles. The maximum atomic E-state index is 11.9. The molecular formula is C23H30ClN5O. The van der Waals surface area contributed by atoms with Crippen LogP contribution in [0.5, 0.6) is 0 Å². The van der Waals surface area contributed by atoms with Crippen molar-refractivity contribution in [2.24, 2.45) is 0 Å². The number of amides is 1. The van der Waals surface area contributed by atoms with Crippen LogP contribution in [0.15, 0.2) is 24.3 Å². The first kappa shape index (κ1) is 21.1. The second-order valence-corrected chi connectivity index (χ2v) is 8.90. The minimum absolute atomic E-state index is 0.104. The molecule has 1 fully saturated rings. The summed E-state index contributed by atoms with van der Waals surface area (Å²) in [6, 6.07) is 8.25. The number of halogens is 1. The van der Waals surface area contributed by atoms with Gasteiger partial charge in [-0.2, -0.15) is 0 Å². The first-order chi connectivity index (χ1) is 14.4. The average molecular weight is 428 g/mol. The molecule has 160 valence electrons. The van der Waals surface area contributed by atoms with Crippen molar-refractivity contribution in [3.63, 3.8) is 0 Å². The van der Waals surface area contributed by atoms with Crippen LogP contribution in [0.25, 0.3) is 0 Å². The second kappa shape index (κ2) is 8.90. The molecule has 2 aromatic rings. The number of hydrogen-bond donors (Lipinski definition) is 0. The largest absolute Gasteiger partial charge is 0.362 e. The first-order valence-corrected chi connectivity index (χ1v) is 11.1. The smallest absolute Gasteiger partial charge is 0.219 e. The zero-order valence-corrected chi connectivity index (χ0v) is 18.8. The Morgan fingerprint density at radius 2 is 2.00 bits per heavy atom. The van der Waals surface area contributed by atoms with Gasteiger partial charge in [0.2, 0.25) is 5.91 Å². The molecule has 2 aliphatic rings. The lowest BCUT2D eigenvalue weighted by Gasteiger charge is -2.36. The Labute approximate surface area is 183 Å². The summed E-state index contributed by atoms with van der Waals surface area (Å²) in [4.78, 5) is 28.4. The number of rotatable bonds is 4. The standard InChI is InChI=1S/C23H30ClN5O/c1-16(30)28-13-11-20-18(15-28)23(27(2)3)26-22(25-20)21-10-6-7-12-29(21)14-17-8-4-5-9-19(17)24/h4-5,8-9,21H,6-7,10-15H2,1-3H3/t21-/m1/s1. The Morgan fingerprint density at radius 1 is 1.20 bits per heavy atom. The number of carbonyl (C=O) groups excluding carboxylic acids is 1. The lowest BCUT2D eigenvalue weighted by atomic mass is 9.99. The van der Waals surface area contributed by atoms with Crippen LogP contribution in [0.2, 0.25) is 5.02 Å². The van der Waals surface area contributed by atoms with Crippen molar-refractivity contribution in [2.75, 3.05) is 32.1 Å². The molecule has 0 bridgehead atoms. The fraction of sp³-hybridized carbons (Fsp3) is 0.522. The molecule has 0 spiro atoms. The molecule has 1 atom stereocenters. The monoisotopic (exact) mass is 427 g/mol. The van der Waals surface area contributed by atoms with E-state index < -0.39 is 0 Å². The van der Waals surface area contributed by atoms with Crippen molar-refractivity contribution in [2.45, 2.75) is 51.7 Å². The Balaban J connectivity index is 1.67. The van der Waals surface area contributed by atoms with Crippen LogP contribution >= 0.6 is 11.6 Å². The zero-order chi connectivity index (χ0) is 21.3. The summed E-state index contributed by atoms with van der Waals surface area (Å²) in [6.45, 7) is 4.77. The van der Waals surface area contributed by atoms with Gasteiger partial charge in [0.05, 0.1) is 18.3 Å². The fourth-order valence-corrected chi connectivity index (χ4v) is 4.72. The fourth-order valence-electron chi connectivity index (χ4n) is 4.52. The third-order valence-electron chi connectivity index (χ3n) is 6.17. The van der Waals surface area contributed by atoms with Gasteiger partial charge in [-0.3, -0.25) is 9.69 Å². The average Bonchev–Trinajstić information content (AvgIpc) is 2.74. The van der Waals surface area contributed by atoms with Crippen LogP contribution in [0.1, 0.15) is 54.9 Å². The van der Waals surface area contributed by atoms with Crippen LogP contribution in [0, 0.1) is 0 Å². The van der Waals surface area contributed by atoms with Gasteiger partial charge in [-0.05, 0) is 31.0 Å². The summed E-state index contributed by atoms with van der Waals surface area (Å²) >= 11 is 6.44. The number of fused-ring (bicyclic) bond motifs is 1. The molecule has 0 unspecified atom stereocenters. The SMILES string of the molecule is CC(=O)N1CCc2nc([C@H]3CCCCN3Cc3ccccc3Cl)nc(N(C)C)c2C1. The first-order valence-electron chi connectivity index (χ1n) is 10.7. The van der Waals surface area contributed by atoms with Gasteiger partial charge in [0.15, 0.2) is 0 Å². The van der Waals surface area contributed by atoms with Gasteiger partial charge >= 0.3 is 0 Å². The number of likely N-dealkylation sites (tertiary alicyclic amines) is 1. The summed E-state index contributed by atoms with van der Waals surface area (Å²) in [5, 5.41) is 0.812. The molecule has 4 rings (SSSR count). The molecule has 0 aliphatic carbocycles. The molecule has 1 saturated heterocycles. The van der Waals surface area contributed by atoms with Crippen LogP contribution < -0.4 is 4.90 Å². The number of carbonyl (C=O) groups is 1. The van der Waals surface area contributed by atoms with Crippen molar-refractivity contribution >= 4 is 23.3 Å². The lowest BCUT2D eigenvalue weighted by molar-refractivity contribution is -0.129. The van der Waals surface area contributed by atoms with Crippen molar-refractivity contribution < 1.29 is 4.79 Å². The molecule has 0 N–H and O–H groups in total. The highest BCUT2D eigenvalue weighted by molar-refractivity contribution is 6.31. The molecule has 3 heterocycles. The number of aromatic nitrogens is 2. The molecule has 1 aromatic carbocycles. The predicted octanol–water partition coefficient (Wildman–Crippen LogP) is 3.83. The number of hydrogen-bond acceptors (Lipinski definition) is 5. The third kappa shape index (κ3) is 4.30. The third-order valence-corrected chi connectivity index (χ3v) is 6.54. The Morgan fingerprint density at radius 3 is 2.73 bits per heavy atom. The van der Waals surface area contributed by atoms with E-state index in [1.807, 2.05) is 37.2 Å². The Bertz CT molecular complexity index is 932. The van der Waals surface area contributed by atoms with Crippen LogP contribution in [-0.2, 0) is 24.3 Å². The van der Waals surface area contributed by atoms with Crippen molar-refractivity contribution in [3.05, 3.63) is 51.9 Å². The predicted molar refractivity (Wildman–Crippen MR) is 120 cm³/mol. The van der Waals surface area contributed by atoms with Gasteiger partial charge in [0.1, 0.15) is 11.6 Å². The molecule has 0 radical (unpaired) electrons. The van der Waals surface area contributed by atoms with Gasteiger partial charge in [-0.15, -0.1) is 0 Å². The highest BCUT2D eigenvalue weighted by Crippen LogP contribution is 2.34. The lowest BCUT2D eigenvalue weighted by Crippen LogP contribution is -2.38. The van der Waals surface area contributed by atoms with E-state index in [4.69, 9.17) is 21.6 Å². The molecular weight excluding hydrogens is 398 g/mol. The van der Waals surface area contributed by atoms with E-state index in [9.17, 15) is 4.79 Å². The Hall–Kier alpha value is -2.18. The highest BCUT2D eigenvalue weighted by atomic mass is 35.5. The van der Waals surface area contributed by atoms with Gasteiger partial charge in [-0.25, -0.2) is 9.97 Å². The molecule has 6 nitrogen and oxygen atoms in total. The quantitative estimate of drug-likeness (QED) is 0.742. The second-order valence-electron chi connectivity index (χ2n) is 8.49. The van der Waals surface area contributed by atoms with Gasteiger partial charge in [0, 0.05) is 51.1 Å². The van der Waals surface area contributed by atoms with Gasteiger partial charge in [-0.1, -0.05) is 36.2 Å². The Kier molecular flexibility index (Phi) is 6.25. The molecule has 7 heteroatoms. The van der Waals surface area contributed by atoms with E-state index >= 15 is 0 Å². The maximum absolute atomic E-state index is 11.9. The zero-order valence-electron chi connectivity index (χ0n) is 18.1. The molecule has 30 heavy (non-hydrogen) atoms. The summed E-state index contributed by atoms with van der Waals surface area (Å²) < 4.78 is 0. The minimum atomic E-state index is 0.104. The maximum Gasteiger partial charge on any atom is 0.219 e. The summed E-state index contributed by atoms with van der Waals surface area (Å²) in [5.41, 5.74) is 3.32. The number of nitrogens with zero attached hydrogens (tertiary/aromatic N) is 5. The van der Waals surface area contributed by atoms with Crippen molar-refractivity contribution in [1.82, 2.24) is 19.8 Å². The van der Waals surface area contributed by atoms with E-state index in [0.717, 1.165) is 66.0 Å². The molecule has 1 amide bonds. The van der Waals surface area contributed by atoms with Crippen LogP contribution in [-0.4, -0.2) is 52.9 Å². The van der Waals surface area contributed by atoms with E-state index in [2.05, 4.69) is 15.9 Å². The van der Waals surface area contributed by atoms with Crippen LogP contribution in [0.3, 0.4) is 0 Å². The van der Waals surface area contributed by atoms with Crippen molar-refractivity contribution in [3.8, 4) is 0 Å². The van der Waals surface area contributed by atoms with Gasteiger partial charge in [0.25, 0.3) is 0 Å². The summed E-state index contributed by atoms with van der Waals surface area (Å²) in [6.07, 6.45) is 4.19. The highest BCUT2D eigenvalue weighted by Gasteiger charge is 2.31. The number of anilines is 1. The number of piperidine rings is 1. The number of benzene rings is 1. The summed E-state index contributed by atoms with van der Waals surface area (Å²) in [7, 11) is 4.03.